The lowest BCUT2D eigenvalue weighted by molar-refractivity contribution is -0.141. The highest BCUT2D eigenvalue weighted by Gasteiger charge is 2.45. The molecule has 5 nitrogen and oxygen atoms in total. The van der Waals surface area contributed by atoms with Gasteiger partial charge < -0.3 is 15.0 Å². The van der Waals surface area contributed by atoms with E-state index in [4.69, 9.17) is 4.74 Å². The summed E-state index contributed by atoms with van der Waals surface area (Å²) in [4.78, 5) is 26.8. The molecular weight excluding hydrogens is 288 g/mol. The molecule has 1 heterocycles. The van der Waals surface area contributed by atoms with Gasteiger partial charge >= 0.3 is 0 Å². The first-order valence-corrected chi connectivity index (χ1v) is 8.80. The maximum absolute atomic E-state index is 12.6. The van der Waals surface area contributed by atoms with Crippen LogP contribution in [-0.2, 0) is 14.3 Å². The lowest BCUT2D eigenvalue weighted by atomic mass is 10.1. The summed E-state index contributed by atoms with van der Waals surface area (Å²) in [6, 6.07) is -0.316. The molecule has 21 heavy (non-hydrogen) atoms. The van der Waals surface area contributed by atoms with Gasteiger partial charge in [-0.1, -0.05) is 13.8 Å². The Morgan fingerprint density at radius 2 is 2.10 bits per heavy atom. The average Bonchev–Trinajstić information content (AvgIpc) is 3.19. The molecule has 0 aromatic rings. The highest BCUT2D eigenvalue weighted by Crippen LogP contribution is 2.39. The number of nitrogens with zero attached hydrogens (tertiary/aromatic N) is 1. The molecule has 120 valence electrons. The molecule has 1 aliphatic carbocycles. The summed E-state index contributed by atoms with van der Waals surface area (Å²) < 4.78 is 4.95. The molecule has 2 unspecified atom stereocenters. The van der Waals surface area contributed by atoms with Crippen molar-refractivity contribution in [2.24, 2.45) is 11.8 Å². The van der Waals surface area contributed by atoms with Crippen molar-refractivity contribution in [3.05, 3.63) is 0 Å². The van der Waals surface area contributed by atoms with Crippen LogP contribution in [0, 0.1) is 11.8 Å². The summed E-state index contributed by atoms with van der Waals surface area (Å²) in [6.45, 7) is 5.31. The topological polar surface area (TPSA) is 58.6 Å². The number of hydrogen-bond acceptors (Lipinski definition) is 4. The normalized spacial score (nSPS) is 25.4. The monoisotopic (exact) mass is 314 g/mol. The maximum atomic E-state index is 12.6. The third-order valence-corrected chi connectivity index (χ3v) is 5.17. The van der Waals surface area contributed by atoms with Crippen LogP contribution in [0.2, 0.25) is 0 Å². The Balaban J connectivity index is 2.00. The number of thioether (sulfide) groups is 1. The van der Waals surface area contributed by atoms with Gasteiger partial charge in [0.05, 0.1) is 12.0 Å². The van der Waals surface area contributed by atoms with Crippen molar-refractivity contribution < 1.29 is 14.3 Å². The van der Waals surface area contributed by atoms with Gasteiger partial charge in [-0.05, 0) is 25.2 Å². The second-order valence-electron chi connectivity index (χ2n) is 6.24. The van der Waals surface area contributed by atoms with Crippen LogP contribution in [0.5, 0.6) is 0 Å². The van der Waals surface area contributed by atoms with Crippen LogP contribution in [0.1, 0.15) is 33.1 Å². The SMILES string of the molecule is COCCNC(=O)C1CSC(CC(C)C)N1C(=O)C1CC1. The summed E-state index contributed by atoms with van der Waals surface area (Å²) in [5.74, 6) is 1.52. The summed E-state index contributed by atoms with van der Waals surface area (Å²) >= 11 is 1.74. The molecule has 2 rings (SSSR count). The molecule has 2 amide bonds. The molecule has 1 saturated carbocycles. The molecule has 1 N–H and O–H groups in total. The molecule has 1 saturated heterocycles. The highest BCUT2D eigenvalue weighted by molar-refractivity contribution is 8.00. The van der Waals surface area contributed by atoms with E-state index in [9.17, 15) is 9.59 Å². The van der Waals surface area contributed by atoms with E-state index in [0.717, 1.165) is 19.3 Å². The van der Waals surface area contributed by atoms with Crippen LogP contribution in [0.4, 0.5) is 0 Å². The third-order valence-electron chi connectivity index (χ3n) is 3.85. The van der Waals surface area contributed by atoms with Crippen LogP contribution in [0.3, 0.4) is 0 Å². The van der Waals surface area contributed by atoms with Gasteiger partial charge in [0.1, 0.15) is 6.04 Å². The van der Waals surface area contributed by atoms with Gasteiger partial charge in [-0.15, -0.1) is 11.8 Å². The van der Waals surface area contributed by atoms with Crippen molar-refractivity contribution in [3.8, 4) is 0 Å². The summed E-state index contributed by atoms with van der Waals surface area (Å²) in [7, 11) is 1.61. The average molecular weight is 314 g/mol. The number of carbonyl (C=O) groups is 2. The van der Waals surface area contributed by atoms with Crippen LogP contribution in [0.15, 0.2) is 0 Å². The number of hydrogen-bond donors (Lipinski definition) is 1. The minimum atomic E-state index is -0.316. The minimum absolute atomic E-state index is 0.0418. The van der Waals surface area contributed by atoms with Crippen LogP contribution in [-0.4, -0.2) is 54.1 Å². The van der Waals surface area contributed by atoms with E-state index >= 15 is 0 Å². The lowest BCUT2D eigenvalue weighted by Crippen LogP contribution is -2.51. The Morgan fingerprint density at radius 3 is 2.67 bits per heavy atom. The molecule has 0 aromatic carbocycles. The van der Waals surface area contributed by atoms with E-state index in [1.807, 2.05) is 4.90 Å². The van der Waals surface area contributed by atoms with Crippen LogP contribution in [0.25, 0.3) is 0 Å². The predicted molar refractivity (Wildman–Crippen MR) is 83.9 cm³/mol. The summed E-state index contributed by atoms with van der Waals surface area (Å²) in [6.07, 6.45) is 2.91. The highest BCUT2D eigenvalue weighted by atomic mass is 32.2. The van der Waals surface area contributed by atoms with E-state index in [2.05, 4.69) is 19.2 Å². The van der Waals surface area contributed by atoms with E-state index in [1.165, 1.54) is 0 Å². The Morgan fingerprint density at radius 1 is 1.38 bits per heavy atom. The smallest absolute Gasteiger partial charge is 0.243 e. The number of amides is 2. The van der Waals surface area contributed by atoms with Gasteiger partial charge in [0, 0.05) is 25.3 Å². The molecule has 6 heteroatoms. The van der Waals surface area contributed by atoms with Gasteiger partial charge in [0.15, 0.2) is 0 Å². The third kappa shape index (κ3) is 4.36. The fraction of sp³-hybridized carbons (Fsp3) is 0.867. The van der Waals surface area contributed by atoms with Gasteiger partial charge in [-0.25, -0.2) is 0 Å². The Kier molecular flexibility index (Phi) is 5.93. The number of ether oxygens (including phenoxy) is 1. The van der Waals surface area contributed by atoms with Crippen molar-refractivity contribution in [3.63, 3.8) is 0 Å². The Hall–Kier alpha value is -0.750. The standard InChI is InChI=1S/C15H26N2O3S/c1-10(2)8-13-17(15(19)11-4-5-11)12(9-21-13)14(18)16-6-7-20-3/h10-13H,4-9H2,1-3H3,(H,16,18). The van der Waals surface area contributed by atoms with Crippen molar-refractivity contribution in [2.75, 3.05) is 26.0 Å². The van der Waals surface area contributed by atoms with Crippen LogP contribution >= 0.6 is 11.8 Å². The lowest BCUT2D eigenvalue weighted by Gasteiger charge is -2.30. The maximum Gasteiger partial charge on any atom is 0.243 e. The zero-order chi connectivity index (χ0) is 15.4. The fourth-order valence-electron chi connectivity index (χ4n) is 2.58. The predicted octanol–water partition coefficient (Wildman–Crippen LogP) is 1.48. The van der Waals surface area contributed by atoms with Gasteiger partial charge in [0.25, 0.3) is 0 Å². The first-order valence-electron chi connectivity index (χ1n) is 7.75. The quantitative estimate of drug-likeness (QED) is 0.723. The molecule has 1 aliphatic heterocycles. The second-order valence-corrected chi connectivity index (χ2v) is 7.45. The molecule has 0 radical (unpaired) electrons. The second kappa shape index (κ2) is 7.49. The van der Waals surface area contributed by atoms with Crippen molar-refractivity contribution in [2.45, 2.75) is 44.5 Å². The number of nitrogens with one attached hydrogen (secondary N) is 1. The fourth-order valence-corrected chi connectivity index (χ4v) is 4.23. The number of carbonyl (C=O) groups excluding carboxylic acids is 2. The van der Waals surface area contributed by atoms with Gasteiger partial charge in [0.2, 0.25) is 11.8 Å². The van der Waals surface area contributed by atoms with Crippen molar-refractivity contribution in [1.29, 1.82) is 0 Å². The molecule has 0 bridgehead atoms. The molecule has 2 fully saturated rings. The van der Waals surface area contributed by atoms with E-state index in [-0.39, 0.29) is 29.1 Å². The van der Waals surface area contributed by atoms with Crippen molar-refractivity contribution >= 4 is 23.6 Å². The van der Waals surface area contributed by atoms with Gasteiger partial charge in [-0.3, -0.25) is 9.59 Å². The van der Waals surface area contributed by atoms with Crippen LogP contribution < -0.4 is 5.32 Å². The molecule has 0 aromatic heterocycles. The van der Waals surface area contributed by atoms with E-state index in [1.54, 1.807) is 18.9 Å². The molecule has 2 atom stereocenters. The van der Waals surface area contributed by atoms with Crippen molar-refractivity contribution in [1.82, 2.24) is 10.2 Å². The zero-order valence-electron chi connectivity index (χ0n) is 13.1. The molecule has 0 spiro atoms. The summed E-state index contributed by atoms with van der Waals surface area (Å²) in [5.41, 5.74) is 0. The Bertz CT molecular complexity index is 385. The zero-order valence-corrected chi connectivity index (χ0v) is 13.9. The largest absolute Gasteiger partial charge is 0.383 e. The number of methoxy groups -OCH3 is 1. The first kappa shape index (κ1) is 16.6. The molecular formula is C15H26N2O3S. The number of rotatable bonds is 7. The molecule has 2 aliphatic rings. The first-order chi connectivity index (χ1) is 10.0. The minimum Gasteiger partial charge on any atom is -0.383 e. The van der Waals surface area contributed by atoms with Gasteiger partial charge in [-0.2, -0.15) is 0 Å². The van der Waals surface area contributed by atoms with E-state index < -0.39 is 0 Å². The van der Waals surface area contributed by atoms with E-state index in [0.29, 0.717) is 24.8 Å². The Labute approximate surface area is 131 Å². The summed E-state index contributed by atoms with van der Waals surface area (Å²) in [5, 5.41) is 3.02.